The predicted molar refractivity (Wildman–Crippen MR) is 129 cm³/mol. The molecule has 0 saturated carbocycles. The third-order valence-corrected chi connectivity index (χ3v) is 4.86. The van der Waals surface area contributed by atoms with Gasteiger partial charge in [-0.05, 0) is 12.1 Å². The Morgan fingerprint density at radius 1 is 0.676 bits per heavy atom. The van der Waals surface area contributed by atoms with Crippen LogP contribution in [0.25, 0.3) is 33.8 Å². The zero-order valence-electron chi connectivity index (χ0n) is 19.4. The Morgan fingerprint density at radius 3 is 1.43 bits per heavy atom. The van der Waals surface area contributed by atoms with Gasteiger partial charge in [0, 0.05) is 30.9 Å². The molecule has 6 nitrogen and oxygen atoms in total. The maximum Gasteiger partial charge on any atom is 3.00 e. The Bertz CT molecular complexity index is 1370. The molecule has 0 unspecified atom stereocenters. The van der Waals surface area contributed by atoms with Gasteiger partial charge in [-0.3, -0.25) is 9.98 Å². The smallest absolute Gasteiger partial charge is 3.00 e. The van der Waals surface area contributed by atoms with Crippen LogP contribution in [0.2, 0.25) is 0 Å². The molecule has 200 valence electrons. The van der Waals surface area contributed by atoms with Crippen LogP contribution in [0.5, 0.6) is 0 Å². The molecule has 0 amide bonds. The number of hydrogen-bond donors (Lipinski definition) is 0. The summed E-state index contributed by atoms with van der Waals surface area (Å²) < 4.78 is 59.2. The predicted octanol–water partition coefficient (Wildman–Crippen LogP) is 7.14. The minimum absolute atomic E-state index is 0. The summed E-state index contributed by atoms with van der Waals surface area (Å²) in [5, 5.41) is 0. The van der Waals surface area contributed by atoms with Gasteiger partial charge in [0.25, 0.3) is 0 Å². The minimum Gasteiger partial charge on any atom is 3.00 e. The summed E-state index contributed by atoms with van der Waals surface area (Å²) in [5.74, 6) is 0. The van der Waals surface area contributed by atoms with Crippen LogP contribution in [0.15, 0.2) is 58.5 Å². The molecule has 1 aliphatic rings. The van der Waals surface area contributed by atoms with Crippen LogP contribution in [0.4, 0.5) is 25.2 Å². The summed E-state index contributed by atoms with van der Waals surface area (Å²) >= 11 is 0. The molecule has 4 heterocycles. The Hall–Kier alpha value is -2.79. The molecule has 4 bridgehead atoms. The maximum atomic E-state index is 9.87. The van der Waals surface area contributed by atoms with Crippen LogP contribution in [-0.2, 0) is 22.4 Å². The van der Waals surface area contributed by atoms with E-state index in [9.17, 15) is 25.2 Å². The molecule has 5 rings (SSSR count). The average Bonchev–Trinajstić information content (AvgIpc) is 3.39. The van der Waals surface area contributed by atoms with Gasteiger partial charge in [0.1, 0.15) is 0 Å². The van der Waals surface area contributed by atoms with Crippen LogP contribution in [0, 0.1) is 5.41 Å². The van der Waals surface area contributed by atoms with E-state index in [-0.39, 0.29) is 27.8 Å². The number of para-hydroxylation sites is 2. The van der Waals surface area contributed by atoms with E-state index < -0.39 is 7.81 Å². The molecule has 1 aliphatic heterocycles. The third kappa shape index (κ3) is 8.92. The Kier molecular flexibility index (Phi) is 7.39. The summed E-state index contributed by atoms with van der Waals surface area (Å²) in [5.41, 5.74) is 6.23. The topological polar surface area (TPSA) is 78.7 Å². The van der Waals surface area contributed by atoms with Crippen LogP contribution < -0.4 is 9.97 Å². The molecule has 1 aromatic carbocycles. The molecule has 14 heteroatoms. The zero-order valence-corrected chi connectivity index (χ0v) is 22.4. The van der Waals surface area contributed by atoms with Crippen LogP contribution in [0.3, 0.4) is 0 Å². The maximum absolute atomic E-state index is 10.7. The van der Waals surface area contributed by atoms with Crippen molar-refractivity contribution < 1.29 is 47.6 Å². The number of nitrogens with zero attached hydrogens (tertiary/aromatic N) is 6. The third-order valence-electron chi connectivity index (χ3n) is 4.86. The fourth-order valence-corrected chi connectivity index (χ4v) is 3.34. The number of hydrogen-bond acceptors (Lipinski definition) is 4. The van der Waals surface area contributed by atoms with Gasteiger partial charge in [-0.15, -0.1) is 22.8 Å². The Labute approximate surface area is 223 Å². The van der Waals surface area contributed by atoms with E-state index in [1.807, 2.05) is 61.0 Å². The minimum atomic E-state index is -10.7. The molecule has 0 spiro atoms. The van der Waals surface area contributed by atoms with Gasteiger partial charge in [-0.1, -0.05) is 50.2 Å². The van der Waals surface area contributed by atoms with E-state index >= 15 is 0 Å². The van der Waals surface area contributed by atoms with Crippen molar-refractivity contribution in [3.63, 3.8) is 0 Å². The fraction of sp³-hybridized carbons (Fsp3) is 0.217. The van der Waals surface area contributed by atoms with E-state index in [0.717, 1.165) is 45.2 Å². The second-order valence-electron chi connectivity index (χ2n) is 8.98. The summed E-state index contributed by atoms with van der Waals surface area (Å²) in [4.78, 5) is 28.4. The first-order valence-electron chi connectivity index (χ1n) is 10.6. The Balaban J connectivity index is 0.000000422. The average molecular weight is 722 g/mol. The number of halogens is 6. The molecule has 0 radical (unpaired) electrons. The number of benzene rings is 1. The fourth-order valence-electron chi connectivity index (χ4n) is 3.34. The van der Waals surface area contributed by atoms with E-state index in [2.05, 4.69) is 23.8 Å². The number of fused-ring (bicyclic) bond motifs is 8. The molecule has 37 heavy (non-hydrogen) atoms. The van der Waals surface area contributed by atoms with Crippen molar-refractivity contribution in [2.45, 2.75) is 13.8 Å². The SMILES string of the molecule is CC1(C)CN=Cc2ccc([n-]2)-c2nc3ccccc3nc2-c2ccc([n-]2)C=NC1.F[P-](F)(F)(F)(F)F.[Au+3]. The van der Waals surface area contributed by atoms with Crippen molar-refractivity contribution in [2.24, 2.45) is 15.4 Å². The van der Waals surface area contributed by atoms with Crippen molar-refractivity contribution in [3.8, 4) is 22.8 Å². The van der Waals surface area contributed by atoms with E-state index in [1.165, 1.54) is 0 Å². The van der Waals surface area contributed by atoms with Crippen molar-refractivity contribution in [1.29, 1.82) is 0 Å². The zero-order chi connectivity index (χ0) is 26.3. The van der Waals surface area contributed by atoms with E-state index in [0.29, 0.717) is 13.1 Å². The van der Waals surface area contributed by atoms with Crippen LogP contribution >= 0.6 is 7.81 Å². The molecule has 4 aromatic rings. The van der Waals surface area contributed by atoms with Gasteiger partial charge in [-0.2, -0.15) is 0 Å². The van der Waals surface area contributed by atoms with Gasteiger partial charge < -0.3 is 9.97 Å². The molecular weight excluding hydrogens is 702 g/mol. The molecule has 0 saturated heterocycles. The second kappa shape index (κ2) is 9.50. The molecular formula is C23H20AuF6N6P. The van der Waals surface area contributed by atoms with Crippen molar-refractivity contribution in [3.05, 3.63) is 59.9 Å². The van der Waals surface area contributed by atoms with Crippen molar-refractivity contribution in [2.75, 3.05) is 13.1 Å². The number of aliphatic imine (C=N–C) groups is 2. The molecule has 0 fully saturated rings. The van der Waals surface area contributed by atoms with Gasteiger partial charge in [-0.25, -0.2) is 9.97 Å². The Morgan fingerprint density at radius 2 is 1.05 bits per heavy atom. The first-order valence-corrected chi connectivity index (χ1v) is 12.7. The summed E-state index contributed by atoms with van der Waals surface area (Å²) in [6.45, 7) is 5.66. The standard InChI is InChI=1S/C23H20N6.Au.F6P/c1-23(2)13-24-11-15-7-9-19(26-15)21-22(20-10-8-16(27-20)12-25-14-23)29-18-6-4-3-5-17(18)28-21;;1-7(2,3,4,5)6/h3-12H,13-14H2,1-2H3;;/q-2;+3;-1. The second-order valence-corrected chi connectivity index (χ2v) is 10.9. The summed E-state index contributed by atoms with van der Waals surface area (Å²) in [6.07, 6.45) is 3.64. The monoisotopic (exact) mass is 722 g/mol. The normalized spacial score (nSPS) is 16.6. The van der Waals surface area contributed by atoms with Crippen LogP contribution in [-0.4, -0.2) is 35.5 Å². The van der Waals surface area contributed by atoms with Crippen molar-refractivity contribution >= 4 is 31.3 Å². The first-order chi connectivity index (χ1) is 16.5. The summed E-state index contributed by atoms with van der Waals surface area (Å²) in [7, 11) is -10.7. The van der Waals surface area contributed by atoms with E-state index in [4.69, 9.17) is 19.9 Å². The molecule has 0 atom stereocenters. The molecule has 0 aliphatic carbocycles. The van der Waals surface area contributed by atoms with E-state index in [1.54, 1.807) is 0 Å². The van der Waals surface area contributed by atoms with Gasteiger partial charge in [0.05, 0.1) is 22.4 Å². The van der Waals surface area contributed by atoms with Gasteiger partial charge >= 0.3 is 55.4 Å². The first kappa shape index (κ1) is 28.8. The van der Waals surface area contributed by atoms with Crippen LogP contribution in [0.1, 0.15) is 25.2 Å². The molecule has 3 aromatic heterocycles. The van der Waals surface area contributed by atoms with Crippen molar-refractivity contribution in [1.82, 2.24) is 19.9 Å². The number of rotatable bonds is 0. The largest absolute Gasteiger partial charge is 3.00 e. The van der Waals surface area contributed by atoms with Gasteiger partial charge in [0.15, 0.2) is 0 Å². The van der Waals surface area contributed by atoms with Gasteiger partial charge in [0.2, 0.25) is 0 Å². The summed E-state index contributed by atoms with van der Waals surface area (Å²) in [6, 6.07) is 15.7. The quantitative estimate of drug-likeness (QED) is 0.110. The molecule has 0 N–H and O–H groups in total. The number of aromatic nitrogens is 4.